The Morgan fingerprint density at radius 1 is 1.38 bits per heavy atom. The van der Waals surface area contributed by atoms with Gasteiger partial charge >= 0.3 is 0 Å². The molecule has 0 fully saturated rings. The van der Waals surface area contributed by atoms with Crippen LogP contribution >= 0.6 is 11.8 Å². The van der Waals surface area contributed by atoms with Gasteiger partial charge < -0.3 is 5.32 Å². The Morgan fingerprint density at radius 2 is 2.19 bits per heavy atom. The molecule has 1 aliphatic heterocycles. The summed E-state index contributed by atoms with van der Waals surface area (Å²) in [6.45, 7) is 2.79. The minimum atomic E-state index is -0.137. The van der Waals surface area contributed by atoms with Crippen LogP contribution < -0.4 is 5.32 Å². The van der Waals surface area contributed by atoms with Crippen molar-refractivity contribution in [2.24, 2.45) is 4.99 Å². The van der Waals surface area contributed by atoms with Gasteiger partial charge in [0.15, 0.2) is 5.17 Å². The van der Waals surface area contributed by atoms with Gasteiger partial charge in [-0.1, -0.05) is 36.9 Å². The number of para-hydroxylation sites is 1. The zero-order valence-electron chi connectivity index (χ0n) is 11.7. The average molecular weight is 300 g/mol. The molecule has 6 heteroatoms. The number of amides is 1. The van der Waals surface area contributed by atoms with Crippen molar-refractivity contribution < 1.29 is 4.79 Å². The maximum Gasteiger partial charge on any atom is 0.260 e. The second kappa shape index (κ2) is 6.13. The Balaban J connectivity index is 1.89. The van der Waals surface area contributed by atoms with E-state index in [4.69, 9.17) is 0 Å². The molecule has 1 aromatic carbocycles. The number of carbonyl (C=O) groups is 1. The molecule has 0 aliphatic carbocycles. The molecule has 0 atom stereocenters. The first-order valence-electron chi connectivity index (χ1n) is 6.90. The van der Waals surface area contributed by atoms with E-state index in [9.17, 15) is 4.79 Å². The molecule has 0 bridgehead atoms. The quantitative estimate of drug-likeness (QED) is 0.946. The topological polar surface area (TPSA) is 59.3 Å². The average Bonchev–Trinajstić information content (AvgIpc) is 3.16. The molecule has 1 aromatic heterocycles. The number of nitrogens with one attached hydrogen (secondary N) is 1. The predicted octanol–water partition coefficient (Wildman–Crippen LogP) is 2.27. The van der Waals surface area contributed by atoms with E-state index in [1.54, 1.807) is 18.0 Å². The van der Waals surface area contributed by atoms with Gasteiger partial charge in [0, 0.05) is 5.75 Å². The van der Waals surface area contributed by atoms with E-state index in [2.05, 4.69) is 15.4 Å². The predicted molar refractivity (Wildman–Crippen MR) is 85.2 cm³/mol. The molecule has 21 heavy (non-hydrogen) atoms. The van der Waals surface area contributed by atoms with E-state index in [1.165, 1.54) is 0 Å². The molecule has 0 saturated carbocycles. The van der Waals surface area contributed by atoms with Gasteiger partial charge in [-0.25, -0.2) is 4.68 Å². The highest BCUT2D eigenvalue weighted by atomic mass is 32.2. The summed E-state index contributed by atoms with van der Waals surface area (Å²) in [6, 6.07) is 9.83. The van der Waals surface area contributed by atoms with Crippen LogP contribution in [-0.2, 0) is 6.42 Å². The Bertz CT molecular complexity index is 678. The summed E-state index contributed by atoms with van der Waals surface area (Å²) in [6.07, 6.45) is 2.36. The molecule has 2 heterocycles. The van der Waals surface area contributed by atoms with E-state index in [0.29, 0.717) is 10.7 Å². The van der Waals surface area contributed by atoms with Crippen LogP contribution in [0.15, 0.2) is 41.5 Å². The lowest BCUT2D eigenvalue weighted by atomic mass is 10.2. The van der Waals surface area contributed by atoms with Gasteiger partial charge in [-0.2, -0.15) is 5.10 Å². The molecule has 1 amide bonds. The molecule has 1 N–H and O–H groups in total. The van der Waals surface area contributed by atoms with Crippen LogP contribution in [0.25, 0.3) is 5.69 Å². The summed E-state index contributed by atoms with van der Waals surface area (Å²) >= 11 is 1.57. The summed E-state index contributed by atoms with van der Waals surface area (Å²) in [7, 11) is 0. The normalized spacial score (nSPS) is 14.0. The first-order valence-corrected chi connectivity index (χ1v) is 7.89. The van der Waals surface area contributed by atoms with Crippen LogP contribution in [0, 0.1) is 0 Å². The third kappa shape index (κ3) is 2.85. The summed E-state index contributed by atoms with van der Waals surface area (Å²) in [5.41, 5.74) is 2.47. The van der Waals surface area contributed by atoms with Gasteiger partial charge in [0.05, 0.1) is 29.7 Å². The zero-order chi connectivity index (χ0) is 14.7. The third-order valence-electron chi connectivity index (χ3n) is 3.26. The molecule has 0 unspecified atom stereocenters. The lowest BCUT2D eigenvalue weighted by molar-refractivity contribution is 0.0977. The number of benzene rings is 1. The summed E-state index contributed by atoms with van der Waals surface area (Å²) in [4.78, 5) is 16.6. The van der Waals surface area contributed by atoms with Crippen molar-refractivity contribution in [1.82, 2.24) is 15.1 Å². The number of thioether (sulfide) groups is 1. The van der Waals surface area contributed by atoms with Crippen molar-refractivity contribution in [3.63, 3.8) is 0 Å². The molecule has 3 rings (SSSR count). The standard InChI is InChI=1S/C15H16N4OS/c1-2-13-12(14(20)18-15-16-8-9-21-15)10-17-19(13)11-6-4-3-5-7-11/h3-7,10H,2,8-9H2,1H3,(H,16,18,20). The molecule has 5 nitrogen and oxygen atoms in total. The van der Waals surface area contributed by atoms with Crippen molar-refractivity contribution >= 4 is 22.8 Å². The molecule has 1 aliphatic rings. The van der Waals surface area contributed by atoms with E-state index in [0.717, 1.165) is 30.1 Å². The molecular formula is C15H16N4OS. The highest BCUT2D eigenvalue weighted by molar-refractivity contribution is 8.14. The number of amidine groups is 1. The van der Waals surface area contributed by atoms with Gasteiger partial charge in [0.1, 0.15) is 0 Å². The van der Waals surface area contributed by atoms with E-state index >= 15 is 0 Å². The van der Waals surface area contributed by atoms with Crippen molar-refractivity contribution in [1.29, 1.82) is 0 Å². The second-order valence-corrected chi connectivity index (χ2v) is 5.68. The first kappa shape index (κ1) is 13.9. The third-order valence-corrected chi connectivity index (χ3v) is 4.15. The Hall–Kier alpha value is -2.08. The summed E-state index contributed by atoms with van der Waals surface area (Å²) in [5, 5.41) is 7.92. The SMILES string of the molecule is CCc1c(C(=O)NC2=NCCS2)cnn1-c1ccccc1. The van der Waals surface area contributed by atoms with Crippen LogP contribution in [0.5, 0.6) is 0 Å². The van der Waals surface area contributed by atoms with E-state index < -0.39 is 0 Å². The largest absolute Gasteiger partial charge is 0.301 e. The lowest BCUT2D eigenvalue weighted by Crippen LogP contribution is -2.28. The fourth-order valence-corrected chi connectivity index (χ4v) is 2.99. The van der Waals surface area contributed by atoms with Gasteiger partial charge in [0.2, 0.25) is 0 Å². The highest BCUT2D eigenvalue weighted by Gasteiger charge is 2.19. The second-order valence-electron chi connectivity index (χ2n) is 4.60. The molecule has 2 aromatic rings. The van der Waals surface area contributed by atoms with Gasteiger partial charge in [-0.3, -0.25) is 9.79 Å². The number of nitrogens with zero attached hydrogens (tertiary/aromatic N) is 3. The van der Waals surface area contributed by atoms with E-state index in [1.807, 2.05) is 41.9 Å². The number of rotatable bonds is 3. The summed E-state index contributed by atoms with van der Waals surface area (Å²) in [5.74, 6) is 0.793. The van der Waals surface area contributed by atoms with Crippen molar-refractivity contribution in [2.75, 3.05) is 12.3 Å². The smallest absolute Gasteiger partial charge is 0.260 e. The minimum Gasteiger partial charge on any atom is -0.301 e. The van der Waals surface area contributed by atoms with Gasteiger partial charge in [-0.15, -0.1) is 0 Å². The van der Waals surface area contributed by atoms with Crippen LogP contribution in [0.2, 0.25) is 0 Å². The Morgan fingerprint density at radius 3 is 2.86 bits per heavy atom. The van der Waals surface area contributed by atoms with Crippen LogP contribution in [0.4, 0.5) is 0 Å². The number of hydrogen-bond acceptors (Lipinski definition) is 4. The number of aliphatic imine (C=N–C) groups is 1. The Kier molecular flexibility index (Phi) is 4.06. The van der Waals surface area contributed by atoms with Crippen LogP contribution in [0.3, 0.4) is 0 Å². The Labute approximate surface area is 127 Å². The zero-order valence-corrected chi connectivity index (χ0v) is 12.6. The molecule has 0 saturated heterocycles. The van der Waals surface area contributed by atoms with Crippen molar-refractivity contribution in [2.45, 2.75) is 13.3 Å². The molecule has 0 radical (unpaired) electrons. The first-order chi connectivity index (χ1) is 10.3. The van der Waals surface area contributed by atoms with Crippen molar-refractivity contribution in [3.8, 4) is 5.69 Å². The number of hydrogen-bond donors (Lipinski definition) is 1. The fourth-order valence-electron chi connectivity index (χ4n) is 2.27. The minimum absolute atomic E-state index is 0.137. The molecule has 108 valence electrons. The van der Waals surface area contributed by atoms with E-state index in [-0.39, 0.29) is 5.91 Å². The van der Waals surface area contributed by atoms with Gasteiger partial charge in [0.25, 0.3) is 5.91 Å². The van der Waals surface area contributed by atoms with Crippen molar-refractivity contribution in [3.05, 3.63) is 47.8 Å². The highest BCUT2D eigenvalue weighted by Crippen LogP contribution is 2.16. The summed E-state index contributed by atoms with van der Waals surface area (Å²) < 4.78 is 1.82. The maximum atomic E-state index is 12.4. The van der Waals surface area contributed by atoms with Crippen LogP contribution in [-0.4, -0.2) is 33.2 Å². The maximum absolute atomic E-state index is 12.4. The monoisotopic (exact) mass is 300 g/mol. The number of carbonyl (C=O) groups excluding carboxylic acids is 1. The van der Waals surface area contributed by atoms with Crippen LogP contribution in [0.1, 0.15) is 23.0 Å². The lowest BCUT2D eigenvalue weighted by Gasteiger charge is -2.08. The molecular weight excluding hydrogens is 284 g/mol. The number of aromatic nitrogens is 2. The fraction of sp³-hybridized carbons (Fsp3) is 0.267. The molecule has 0 spiro atoms. The van der Waals surface area contributed by atoms with Gasteiger partial charge in [-0.05, 0) is 18.6 Å².